The van der Waals surface area contributed by atoms with E-state index in [0.29, 0.717) is 11.5 Å². The number of phenols is 2. The Balaban J connectivity index is 2.08. The van der Waals surface area contributed by atoms with Gasteiger partial charge in [0.2, 0.25) is 0 Å². The molecule has 3 aromatic rings. The number of carbonyl (C=O) groups excluding carboxylic acids is 2. The smallest absolute Gasteiger partial charge is 0.178 e. The minimum atomic E-state index is -1.33. The minimum Gasteiger partial charge on any atom is -0.508 e. The van der Waals surface area contributed by atoms with Crippen LogP contribution in [0.15, 0.2) is 66.7 Å². The van der Waals surface area contributed by atoms with Crippen molar-refractivity contribution in [3.8, 4) is 23.0 Å². The maximum absolute atomic E-state index is 13.3. The van der Waals surface area contributed by atoms with Gasteiger partial charge in [-0.2, -0.15) is 0 Å². The summed E-state index contributed by atoms with van der Waals surface area (Å²) in [5.74, 6) is -1.61. The van der Waals surface area contributed by atoms with Gasteiger partial charge in [-0.3, -0.25) is 9.59 Å². The number of phenolic OH excluding ortho intramolecular Hbond substituents is 2. The quantitative estimate of drug-likeness (QED) is 0.359. The molecule has 6 nitrogen and oxygen atoms in total. The van der Waals surface area contributed by atoms with Gasteiger partial charge in [-0.15, -0.1) is 0 Å². The standard InChI is InChI=1S/C23H20O6/c1-28-17-8-3-14(4-9-17)22(26)21(19-13-16(24)7-12-20(19)25)23(27)15-5-10-18(29-2)11-6-15/h3-13,21,24-25H,1-2H3. The molecule has 0 amide bonds. The fraction of sp³-hybridized carbons (Fsp3) is 0.130. The van der Waals surface area contributed by atoms with Gasteiger partial charge in [0.15, 0.2) is 11.6 Å². The maximum Gasteiger partial charge on any atom is 0.178 e. The number of benzene rings is 3. The fourth-order valence-corrected chi connectivity index (χ4v) is 3.02. The van der Waals surface area contributed by atoms with Gasteiger partial charge in [0.25, 0.3) is 0 Å². The van der Waals surface area contributed by atoms with Crippen LogP contribution in [0, 0.1) is 0 Å². The first-order valence-electron chi connectivity index (χ1n) is 8.83. The Morgan fingerprint density at radius 3 is 1.59 bits per heavy atom. The molecule has 0 unspecified atom stereocenters. The van der Waals surface area contributed by atoms with E-state index < -0.39 is 17.5 Å². The Kier molecular flexibility index (Phi) is 5.83. The molecule has 3 aromatic carbocycles. The largest absolute Gasteiger partial charge is 0.508 e. The number of Topliss-reactive ketones (excluding diaryl/α,β-unsaturated/α-hetero) is 2. The molecular formula is C23H20O6. The molecule has 0 bridgehead atoms. The predicted octanol–water partition coefficient (Wildman–Crippen LogP) is 3.96. The number of hydrogen-bond acceptors (Lipinski definition) is 6. The second kappa shape index (κ2) is 8.48. The molecular weight excluding hydrogens is 372 g/mol. The molecule has 0 aliphatic carbocycles. The fourth-order valence-electron chi connectivity index (χ4n) is 3.02. The maximum atomic E-state index is 13.3. The molecule has 0 aromatic heterocycles. The van der Waals surface area contributed by atoms with Crippen LogP contribution in [-0.2, 0) is 0 Å². The molecule has 0 atom stereocenters. The van der Waals surface area contributed by atoms with Crippen LogP contribution in [-0.4, -0.2) is 36.0 Å². The summed E-state index contributed by atoms with van der Waals surface area (Å²) in [4.78, 5) is 26.5. The number of aromatic hydroxyl groups is 2. The third kappa shape index (κ3) is 4.21. The Bertz CT molecular complexity index is 963. The lowest BCUT2D eigenvalue weighted by molar-refractivity contribution is 0.0858. The van der Waals surface area contributed by atoms with E-state index in [1.54, 1.807) is 48.5 Å². The van der Waals surface area contributed by atoms with Gasteiger partial charge in [-0.1, -0.05) is 0 Å². The summed E-state index contributed by atoms with van der Waals surface area (Å²) in [6.07, 6.45) is 0. The highest BCUT2D eigenvalue weighted by Crippen LogP contribution is 2.34. The van der Waals surface area contributed by atoms with Gasteiger partial charge in [-0.25, -0.2) is 0 Å². The van der Waals surface area contributed by atoms with Crippen LogP contribution in [0.1, 0.15) is 32.2 Å². The van der Waals surface area contributed by atoms with Crippen molar-refractivity contribution in [1.29, 1.82) is 0 Å². The zero-order valence-electron chi connectivity index (χ0n) is 16.0. The molecule has 0 radical (unpaired) electrons. The van der Waals surface area contributed by atoms with Crippen LogP contribution in [0.2, 0.25) is 0 Å². The number of rotatable bonds is 7. The molecule has 0 heterocycles. The Morgan fingerprint density at radius 1 is 0.724 bits per heavy atom. The summed E-state index contributed by atoms with van der Waals surface area (Å²) in [7, 11) is 3.02. The van der Waals surface area contributed by atoms with Crippen molar-refractivity contribution in [2.75, 3.05) is 14.2 Å². The normalized spacial score (nSPS) is 10.6. The van der Waals surface area contributed by atoms with Gasteiger partial charge < -0.3 is 19.7 Å². The van der Waals surface area contributed by atoms with E-state index in [2.05, 4.69) is 0 Å². The van der Waals surface area contributed by atoms with Gasteiger partial charge in [0.1, 0.15) is 28.9 Å². The molecule has 6 heteroatoms. The zero-order valence-corrected chi connectivity index (χ0v) is 16.0. The topological polar surface area (TPSA) is 93.1 Å². The van der Waals surface area contributed by atoms with Crippen molar-refractivity contribution in [2.45, 2.75) is 5.92 Å². The van der Waals surface area contributed by atoms with Crippen molar-refractivity contribution >= 4 is 11.6 Å². The molecule has 2 N–H and O–H groups in total. The molecule has 29 heavy (non-hydrogen) atoms. The van der Waals surface area contributed by atoms with Gasteiger partial charge in [-0.05, 0) is 66.7 Å². The van der Waals surface area contributed by atoms with E-state index in [1.807, 2.05) is 0 Å². The molecule has 0 saturated heterocycles. The van der Waals surface area contributed by atoms with Crippen LogP contribution in [0.3, 0.4) is 0 Å². The van der Waals surface area contributed by atoms with Crippen LogP contribution in [0.5, 0.6) is 23.0 Å². The second-order valence-corrected chi connectivity index (χ2v) is 6.36. The highest BCUT2D eigenvalue weighted by Gasteiger charge is 2.32. The van der Waals surface area contributed by atoms with Gasteiger partial charge >= 0.3 is 0 Å². The van der Waals surface area contributed by atoms with E-state index in [9.17, 15) is 19.8 Å². The highest BCUT2D eigenvalue weighted by molar-refractivity contribution is 6.20. The lowest BCUT2D eigenvalue weighted by Crippen LogP contribution is -2.22. The zero-order chi connectivity index (χ0) is 21.0. The number of ether oxygens (including phenoxy) is 2. The van der Waals surface area contributed by atoms with Crippen LogP contribution in [0.4, 0.5) is 0 Å². The van der Waals surface area contributed by atoms with Crippen LogP contribution >= 0.6 is 0 Å². The molecule has 0 aliphatic heterocycles. The number of carbonyl (C=O) groups is 2. The molecule has 3 rings (SSSR count). The van der Waals surface area contributed by atoms with Crippen molar-refractivity contribution in [1.82, 2.24) is 0 Å². The van der Waals surface area contributed by atoms with Gasteiger partial charge in [0.05, 0.1) is 14.2 Å². The van der Waals surface area contributed by atoms with E-state index in [4.69, 9.17) is 9.47 Å². The first-order chi connectivity index (χ1) is 13.9. The molecule has 0 saturated carbocycles. The SMILES string of the molecule is COc1ccc(C(=O)C(C(=O)c2ccc(OC)cc2)c2cc(O)ccc2O)cc1. The van der Waals surface area contributed by atoms with Crippen LogP contribution in [0.25, 0.3) is 0 Å². The molecule has 148 valence electrons. The molecule has 0 spiro atoms. The second-order valence-electron chi connectivity index (χ2n) is 6.36. The number of methoxy groups -OCH3 is 2. The monoisotopic (exact) mass is 392 g/mol. The lowest BCUT2D eigenvalue weighted by atomic mass is 9.84. The summed E-state index contributed by atoms with van der Waals surface area (Å²) in [6.45, 7) is 0. The Labute approximate surface area is 168 Å². The summed E-state index contributed by atoms with van der Waals surface area (Å²) in [5.41, 5.74) is 0.590. The van der Waals surface area contributed by atoms with Crippen molar-refractivity contribution in [3.05, 3.63) is 83.4 Å². The summed E-state index contributed by atoms with van der Waals surface area (Å²) in [5, 5.41) is 20.2. The highest BCUT2D eigenvalue weighted by atomic mass is 16.5. The predicted molar refractivity (Wildman–Crippen MR) is 107 cm³/mol. The average Bonchev–Trinajstić information content (AvgIpc) is 2.76. The van der Waals surface area contributed by atoms with Crippen molar-refractivity contribution in [2.24, 2.45) is 0 Å². The minimum absolute atomic E-state index is 0.0339. The van der Waals surface area contributed by atoms with E-state index in [1.165, 1.54) is 32.4 Å². The third-order valence-electron chi connectivity index (χ3n) is 4.60. The third-order valence-corrected chi connectivity index (χ3v) is 4.60. The summed E-state index contributed by atoms with van der Waals surface area (Å²) < 4.78 is 10.2. The Morgan fingerprint density at radius 2 is 1.17 bits per heavy atom. The van der Waals surface area contributed by atoms with Crippen molar-refractivity contribution in [3.63, 3.8) is 0 Å². The summed E-state index contributed by atoms with van der Waals surface area (Å²) >= 11 is 0. The first-order valence-corrected chi connectivity index (χ1v) is 8.83. The summed E-state index contributed by atoms with van der Waals surface area (Å²) in [6, 6.07) is 16.4. The molecule has 0 aliphatic rings. The van der Waals surface area contributed by atoms with Crippen LogP contribution < -0.4 is 9.47 Å². The lowest BCUT2D eigenvalue weighted by Gasteiger charge is -2.17. The number of ketones is 2. The number of hydrogen-bond donors (Lipinski definition) is 2. The average molecular weight is 392 g/mol. The van der Waals surface area contributed by atoms with E-state index in [-0.39, 0.29) is 28.2 Å². The Hall–Kier alpha value is -3.80. The van der Waals surface area contributed by atoms with Gasteiger partial charge in [0, 0.05) is 16.7 Å². The van der Waals surface area contributed by atoms with Crippen molar-refractivity contribution < 1.29 is 29.3 Å². The van der Waals surface area contributed by atoms with E-state index in [0.717, 1.165) is 0 Å². The van der Waals surface area contributed by atoms with E-state index >= 15 is 0 Å². The first kappa shape index (κ1) is 19.9. The molecule has 0 fully saturated rings.